The van der Waals surface area contributed by atoms with Crippen LogP contribution in [0.2, 0.25) is 0 Å². The standard InChI is InChI=1S/C23H41N5O3/c1-3-4-5-6-9-12-15-24-17-19(29)14-11-8-7-10-13-16-28-22(30)20-21(26-18-25-20)27(2)23(28)31/h18-19,24,29H,3-17H2,1-2H3,(H,25,26). The van der Waals surface area contributed by atoms with Crippen molar-refractivity contribution in [2.75, 3.05) is 13.1 Å². The molecule has 0 radical (unpaired) electrons. The summed E-state index contributed by atoms with van der Waals surface area (Å²) in [7, 11) is 1.63. The number of nitrogens with one attached hydrogen (secondary N) is 2. The van der Waals surface area contributed by atoms with E-state index < -0.39 is 0 Å². The molecular formula is C23H41N5O3. The molecule has 2 aromatic heterocycles. The highest BCUT2D eigenvalue weighted by Crippen LogP contribution is 2.08. The highest BCUT2D eigenvalue weighted by Gasteiger charge is 2.12. The van der Waals surface area contributed by atoms with E-state index >= 15 is 0 Å². The number of H-pyrrole nitrogens is 1. The number of nitrogens with zero attached hydrogens (tertiary/aromatic N) is 3. The van der Waals surface area contributed by atoms with Gasteiger partial charge in [-0.3, -0.25) is 13.9 Å². The quantitative estimate of drug-likeness (QED) is 0.331. The number of aromatic amines is 1. The number of imidazole rings is 1. The van der Waals surface area contributed by atoms with Crippen LogP contribution in [0.5, 0.6) is 0 Å². The van der Waals surface area contributed by atoms with Gasteiger partial charge in [-0.25, -0.2) is 9.78 Å². The Bertz CT molecular complexity index is 870. The summed E-state index contributed by atoms with van der Waals surface area (Å²) < 4.78 is 2.70. The minimum absolute atomic E-state index is 0.275. The molecule has 0 aliphatic carbocycles. The Morgan fingerprint density at radius 2 is 1.71 bits per heavy atom. The second-order valence-corrected chi connectivity index (χ2v) is 8.58. The van der Waals surface area contributed by atoms with Crippen molar-refractivity contribution in [3.05, 3.63) is 27.2 Å². The molecule has 0 spiro atoms. The summed E-state index contributed by atoms with van der Waals surface area (Å²) in [6, 6.07) is 0. The lowest BCUT2D eigenvalue weighted by atomic mass is 10.1. The summed E-state index contributed by atoms with van der Waals surface area (Å²) in [6.45, 7) is 4.33. The maximum absolute atomic E-state index is 12.4. The number of hydrogen-bond acceptors (Lipinski definition) is 5. The SMILES string of the molecule is CCCCCCCCNCC(O)CCCCCCCn1c(=O)c2[nH]cnc2n(C)c1=O. The molecular weight excluding hydrogens is 394 g/mol. The molecule has 31 heavy (non-hydrogen) atoms. The summed E-state index contributed by atoms with van der Waals surface area (Å²) in [5.41, 5.74) is 0.154. The molecule has 0 fully saturated rings. The monoisotopic (exact) mass is 435 g/mol. The van der Waals surface area contributed by atoms with Gasteiger partial charge in [-0.1, -0.05) is 64.7 Å². The number of fused-ring (bicyclic) bond motifs is 1. The van der Waals surface area contributed by atoms with Crippen molar-refractivity contribution in [1.29, 1.82) is 0 Å². The normalized spacial score (nSPS) is 12.6. The van der Waals surface area contributed by atoms with Crippen molar-refractivity contribution in [2.45, 2.75) is 96.6 Å². The highest BCUT2D eigenvalue weighted by atomic mass is 16.3. The third-order valence-electron chi connectivity index (χ3n) is 5.92. The lowest BCUT2D eigenvalue weighted by Gasteiger charge is -2.12. The van der Waals surface area contributed by atoms with Crippen LogP contribution >= 0.6 is 0 Å². The predicted molar refractivity (Wildman–Crippen MR) is 126 cm³/mol. The average molecular weight is 436 g/mol. The lowest BCUT2D eigenvalue weighted by Crippen LogP contribution is -2.39. The molecule has 0 bridgehead atoms. The highest BCUT2D eigenvalue weighted by molar-refractivity contribution is 5.68. The van der Waals surface area contributed by atoms with Gasteiger partial charge in [0.25, 0.3) is 5.56 Å². The van der Waals surface area contributed by atoms with Crippen molar-refractivity contribution in [1.82, 2.24) is 24.4 Å². The van der Waals surface area contributed by atoms with Crippen molar-refractivity contribution < 1.29 is 5.11 Å². The van der Waals surface area contributed by atoms with Crippen molar-refractivity contribution in [2.24, 2.45) is 7.05 Å². The van der Waals surface area contributed by atoms with E-state index in [1.807, 2.05) is 0 Å². The zero-order chi connectivity index (χ0) is 22.5. The Morgan fingerprint density at radius 3 is 2.48 bits per heavy atom. The first kappa shape index (κ1) is 25.3. The molecule has 0 aromatic carbocycles. The van der Waals surface area contributed by atoms with Crippen molar-refractivity contribution in [3.63, 3.8) is 0 Å². The fourth-order valence-corrected chi connectivity index (χ4v) is 3.97. The Balaban J connectivity index is 1.52. The van der Waals surface area contributed by atoms with Gasteiger partial charge < -0.3 is 15.4 Å². The number of rotatable bonds is 17. The van der Waals surface area contributed by atoms with Crippen LogP contribution in [0.25, 0.3) is 11.2 Å². The van der Waals surface area contributed by atoms with Gasteiger partial charge in [-0.15, -0.1) is 0 Å². The van der Waals surface area contributed by atoms with Gasteiger partial charge in [0.15, 0.2) is 5.65 Å². The largest absolute Gasteiger partial charge is 0.392 e. The first-order valence-electron chi connectivity index (χ1n) is 12.1. The van der Waals surface area contributed by atoms with Crippen LogP contribution in [-0.2, 0) is 13.6 Å². The number of unbranched alkanes of at least 4 members (excludes halogenated alkanes) is 9. The first-order chi connectivity index (χ1) is 15.1. The van der Waals surface area contributed by atoms with Gasteiger partial charge in [-0.2, -0.15) is 0 Å². The maximum Gasteiger partial charge on any atom is 0.332 e. The van der Waals surface area contributed by atoms with Crippen LogP contribution in [0.4, 0.5) is 0 Å². The molecule has 3 N–H and O–H groups in total. The van der Waals surface area contributed by atoms with Crippen LogP contribution in [0.3, 0.4) is 0 Å². The van der Waals surface area contributed by atoms with E-state index in [2.05, 4.69) is 22.2 Å². The van der Waals surface area contributed by atoms with Gasteiger partial charge in [0.1, 0.15) is 5.52 Å². The summed E-state index contributed by atoms with van der Waals surface area (Å²) in [4.78, 5) is 31.7. The number of aliphatic hydroxyl groups is 1. The van der Waals surface area contributed by atoms with Gasteiger partial charge >= 0.3 is 5.69 Å². The molecule has 0 saturated carbocycles. The van der Waals surface area contributed by atoms with E-state index in [1.165, 1.54) is 54.0 Å². The van der Waals surface area contributed by atoms with E-state index in [-0.39, 0.29) is 17.4 Å². The smallest absolute Gasteiger partial charge is 0.332 e. The lowest BCUT2D eigenvalue weighted by molar-refractivity contribution is 0.158. The van der Waals surface area contributed by atoms with Crippen LogP contribution in [0, 0.1) is 0 Å². The Labute approximate surface area is 185 Å². The van der Waals surface area contributed by atoms with Gasteiger partial charge in [0.2, 0.25) is 0 Å². The zero-order valence-electron chi connectivity index (χ0n) is 19.4. The van der Waals surface area contributed by atoms with E-state index in [0.717, 1.165) is 45.1 Å². The van der Waals surface area contributed by atoms with Crippen LogP contribution in [-0.4, -0.2) is 43.4 Å². The topological polar surface area (TPSA) is 105 Å². The number of aliphatic hydroxyl groups excluding tert-OH is 1. The molecule has 0 amide bonds. The minimum atomic E-state index is -0.318. The van der Waals surface area contributed by atoms with Crippen LogP contribution in [0.1, 0.15) is 84.0 Å². The molecule has 8 heteroatoms. The Hall–Kier alpha value is -1.93. The fraction of sp³-hybridized carbons (Fsp3) is 0.783. The number of aromatic nitrogens is 4. The molecule has 1 unspecified atom stereocenters. The summed E-state index contributed by atoms with van der Waals surface area (Å²) >= 11 is 0. The molecule has 2 rings (SSSR count). The third kappa shape index (κ3) is 8.26. The maximum atomic E-state index is 12.4. The molecule has 0 aliphatic rings. The molecule has 0 saturated heterocycles. The number of hydrogen-bond donors (Lipinski definition) is 3. The van der Waals surface area contributed by atoms with Crippen molar-refractivity contribution >= 4 is 11.2 Å². The van der Waals surface area contributed by atoms with Gasteiger partial charge in [0.05, 0.1) is 12.4 Å². The van der Waals surface area contributed by atoms with Crippen LogP contribution < -0.4 is 16.6 Å². The molecule has 0 aliphatic heterocycles. The van der Waals surface area contributed by atoms with E-state index in [9.17, 15) is 14.7 Å². The van der Waals surface area contributed by atoms with E-state index in [1.54, 1.807) is 7.05 Å². The third-order valence-corrected chi connectivity index (χ3v) is 5.92. The summed E-state index contributed by atoms with van der Waals surface area (Å²) in [5, 5.41) is 13.4. The second-order valence-electron chi connectivity index (χ2n) is 8.58. The summed E-state index contributed by atoms with van der Waals surface area (Å²) in [5.74, 6) is 0. The molecule has 176 valence electrons. The van der Waals surface area contributed by atoms with Gasteiger partial charge in [-0.05, 0) is 25.8 Å². The average Bonchev–Trinajstić information content (AvgIpc) is 3.26. The Kier molecular flexibility index (Phi) is 11.6. The van der Waals surface area contributed by atoms with Crippen LogP contribution in [0.15, 0.2) is 15.9 Å². The first-order valence-corrected chi connectivity index (χ1v) is 12.1. The Morgan fingerprint density at radius 1 is 1.03 bits per heavy atom. The second kappa shape index (κ2) is 14.2. The summed E-state index contributed by atoms with van der Waals surface area (Å²) in [6.07, 6.45) is 14.6. The van der Waals surface area contributed by atoms with Gasteiger partial charge in [0, 0.05) is 20.1 Å². The molecule has 2 aromatic rings. The fourth-order valence-electron chi connectivity index (χ4n) is 3.97. The minimum Gasteiger partial charge on any atom is -0.392 e. The van der Waals surface area contributed by atoms with E-state index in [0.29, 0.717) is 24.3 Å². The van der Waals surface area contributed by atoms with Crippen molar-refractivity contribution in [3.8, 4) is 0 Å². The number of aryl methyl sites for hydroxylation is 1. The predicted octanol–water partition coefficient (Wildman–Crippen LogP) is 3.07. The molecule has 8 nitrogen and oxygen atoms in total. The molecule has 2 heterocycles. The molecule has 1 atom stereocenters. The zero-order valence-corrected chi connectivity index (χ0v) is 19.4. The van der Waals surface area contributed by atoms with E-state index in [4.69, 9.17) is 0 Å².